The molecule has 1 aromatic carbocycles. The largest absolute Gasteiger partial charge is 0.386 e. The highest BCUT2D eigenvalue weighted by Crippen LogP contribution is 2.39. The molecule has 1 spiro atoms. The molecule has 2 unspecified atom stereocenters. The zero-order chi connectivity index (χ0) is 29.1. The molecule has 3 saturated heterocycles. The van der Waals surface area contributed by atoms with E-state index in [2.05, 4.69) is 51.5 Å². The molecule has 4 aliphatic rings. The van der Waals surface area contributed by atoms with Crippen molar-refractivity contribution >= 4 is 23.7 Å². The van der Waals surface area contributed by atoms with E-state index in [4.69, 9.17) is 10.8 Å². The van der Waals surface area contributed by atoms with Gasteiger partial charge in [-0.3, -0.25) is 20.4 Å². The van der Waals surface area contributed by atoms with Gasteiger partial charge in [0.2, 0.25) is 0 Å². The molecule has 6 rings (SSSR count). The van der Waals surface area contributed by atoms with Crippen LogP contribution in [0.25, 0.3) is 0 Å². The Morgan fingerprint density at radius 1 is 1.15 bits per heavy atom. The van der Waals surface area contributed by atoms with Gasteiger partial charge >= 0.3 is 0 Å². The molecular weight excluding hydrogens is 522 g/mol. The summed E-state index contributed by atoms with van der Waals surface area (Å²) in [5, 5.41) is 44.0. The van der Waals surface area contributed by atoms with Crippen LogP contribution in [0.4, 0.5) is 0 Å². The average molecular weight is 560 g/mol. The van der Waals surface area contributed by atoms with Crippen molar-refractivity contribution in [1.82, 2.24) is 36.5 Å². The molecule has 41 heavy (non-hydrogen) atoms. The Hall–Kier alpha value is -4.19. The van der Waals surface area contributed by atoms with Crippen molar-refractivity contribution in [3.05, 3.63) is 64.5 Å². The third kappa shape index (κ3) is 4.37. The highest BCUT2D eigenvalue weighted by molar-refractivity contribution is 5.97. The number of aromatic nitrogens is 1. The minimum atomic E-state index is -1.26. The second kappa shape index (κ2) is 9.72. The van der Waals surface area contributed by atoms with Crippen molar-refractivity contribution in [3.8, 4) is 0 Å². The van der Waals surface area contributed by atoms with Gasteiger partial charge in [0, 0.05) is 24.3 Å². The summed E-state index contributed by atoms with van der Waals surface area (Å²) in [6, 6.07) is 9.23. The lowest BCUT2D eigenvalue weighted by molar-refractivity contribution is 0.00612. The van der Waals surface area contributed by atoms with Crippen LogP contribution in [0.15, 0.2) is 36.4 Å². The van der Waals surface area contributed by atoms with Gasteiger partial charge in [0.15, 0.2) is 17.6 Å². The summed E-state index contributed by atoms with van der Waals surface area (Å²) in [5.41, 5.74) is 2.60. The molecular formula is C29H37N9O3. The fraction of sp³-hybridized carbons (Fsp3) is 0.483. The second-order valence-electron chi connectivity index (χ2n) is 12.1. The van der Waals surface area contributed by atoms with Crippen molar-refractivity contribution in [2.75, 3.05) is 13.1 Å². The molecule has 1 aliphatic carbocycles. The third-order valence-electron chi connectivity index (χ3n) is 9.05. The van der Waals surface area contributed by atoms with Crippen molar-refractivity contribution < 1.29 is 14.7 Å². The Bertz CT molecular complexity index is 1440. The number of aliphatic hydroxyl groups is 1. The molecule has 12 heteroatoms. The van der Waals surface area contributed by atoms with Gasteiger partial charge in [-0.25, -0.2) is 4.98 Å². The number of aryl methyl sites for hydroxylation is 1. The number of rotatable bonds is 5. The molecule has 0 saturated carbocycles. The van der Waals surface area contributed by atoms with Gasteiger partial charge in [0.25, 0.3) is 11.8 Å². The van der Waals surface area contributed by atoms with E-state index in [1.54, 1.807) is 17.0 Å². The summed E-state index contributed by atoms with van der Waals surface area (Å²) in [6.45, 7) is 6.50. The molecule has 4 heterocycles. The van der Waals surface area contributed by atoms with Crippen LogP contribution < -0.4 is 26.6 Å². The van der Waals surface area contributed by atoms with Crippen molar-refractivity contribution in [2.45, 2.75) is 75.3 Å². The summed E-state index contributed by atoms with van der Waals surface area (Å²) in [5.74, 6) is -0.580. The van der Waals surface area contributed by atoms with Crippen molar-refractivity contribution in [1.29, 1.82) is 10.8 Å². The lowest BCUT2D eigenvalue weighted by Crippen LogP contribution is -2.78. The Morgan fingerprint density at radius 3 is 2.71 bits per heavy atom. The maximum absolute atomic E-state index is 13.6. The van der Waals surface area contributed by atoms with Gasteiger partial charge in [0.05, 0.1) is 18.1 Å². The summed E-state index contributed by atoms with van der Waals surface area (Å²) in [7, 11) is 0. The maximum atomic E-state index is 13.6. The summed E-state index contributed by atoms with van der Waals surface area (Å²) < 4.78 is 0. The first-order valence-corrected chi connectivity index (χ1v) is 14.1. The summed E-state index contributed by atoms with van der Waals surface area (Å²) >= 11 is 0. The van der Waals surface area contributed by atoms with Crippen LogP contribution in [0.3, 0.4) is 0 Å². The number of hydrogen-bond donors (Lipinski definition) is 8. The number of aliphatic hydroxyl groups excluding tert-OH is 1. The molecule has 2 aromatic rings. The van der Waals surface area contributed by atoms with Gasteiger partial charge in [-0.15, -0.1) is 0 Å². The number of fused-ring (bicyclic) bond motifs is 1. The van der Waals surface area contributed by atoms with Crippen LogP contribution in [0.2, 0.25) is 0 Å². The van der Waals surface area contributed by atoms with Gasteiger partial charge in [0.1, 0.15) is 11.8 Å². The second-order valence-corrected chi connectivity index (χ2v) is 12.1. The van der Waals surface area contributed by atoms with E-state index in [0.29, 0.717) is 5.56 Å². The molecule has 0 bridgehead atoms. The number of carbonyl (C=O) groups excluding carboxylic acids is 2. The number of nitrogens with zero attached hydrogens (tertiary/aromatic N) is 2. The molecule has 3 fully saturated rings. The number of hydrogen-bond acceptors (Lipinski definition) is 6. The van der Waals surface area contributed by atoms with Crippen LogP contribution in [0.1, 0.15) is 64.4 Å². The van der Waals surface area contributed by atoms with E-state index in [0.717, 1.165) is 30.5 Å². The van der Waals surface area contributed by atoms with E-state index >= 15 is 0 Å². The lowest BCUT2D eigenvalue weighted by atomic mass is 9.71. The van der Waals surface area contributed by atoms with Gasteiger partial charge in [-0.05, 0) is 60.9 Å². The van der Waals surface area contributed by atoms with E-state index in [-0.39, 0.29) is 47.9 Å². The first kappa shape index (κ1) is 27.0. The zero-order valence-corrected chi connectivity index (χ0v) is 23.5. The Morgan fingerprint density at radius 2 is 1.93 bits per heavy atom. The third-order valence-corrected chi connectivity index (χ3v) is 9.05. The summed E-state index contributed by atoms with van der Waals surface area (Å²) in [4.78, 5) is 32.3. The van der Waals surface area contributed by atoms with Crippen LogP contribution in [-0.2, 0) is 11.8 Å². The normalized spacial score (nSPS) is 29.3. The molecule has 0 radical (unpaired) electrons. The molecule has 1 aromatic heterocycles. The Balaban J connectivity index is 1.22. The van der Waals surface area contributed by atoms with Crippen LogP contribution in [0, 0.1) is 17.7 Å². The monoisotopic (exact) mass is 559 g/mol. The fourth-order valence-corrected chi connectivity index (χ4v) is 7.05. The zero-order valence-electron chi connectivity index (χ0n) is 23.5. The predicted molar refractivity (Wildman–Crippen MR) is 153 cm³/mol. The van der Waals surface area contributed by atoms with Crippen LogP contribution in [-0.4, -0.2) is 81.7 Å². The van der Waals surface area contributed by atoms with E-state index in [1.807, 2.05) is 25.1 Å². The predicted octanol–water partition coefficient (Wildman–Crippen LogP) is 0.308. The maximum Gasteiger partial charge on any atom is 0.269 e. The lowest BCUT2D eigenvalue weighted by Gasteiger charge is -2.49. The first-order valence-electron chi connectivity index (χ1n) is 14.1. The minimum Gasteiger partial charge on any atom is -0.386 e. The van der Waals surface area contributed by atoms with Gasteiger partial charge < -0.3 is 36.6 Å². The molecule has 3 aliphatic heterocycles. The highest BCUT2D eigenvalue weighted by atomic mass is 16.3. The number of carbonyl (C=O) groups is 2. The van der Waals surface area contributed by atoms with E-state index < -0.39 is 29.9 Å². The van der Waals surface area contributed by atoms with E-state index in [1.165, 1.54) is 5.56 Å². The number of pyridine rings is 1. The highest BCUT2D eigenvalue weighted by Gasteiger charge is 2.66. The number of guanidine groups is 2. The molecule has 2 amide bonds. The SMILES string of the molecule is Cc1cccc(C(=O)NC[C@@H]2NC(=N)N3CC(NC(=O)c4cccc5c4CCCC5(C)C)[C@@H](O)C34NC(=N)N[C@@H]24)n1. The van der Waals surface area contributed by atoms with Gasteiger partial charge in [-0.2, -0.15) is 0 Å². The van der Waals surface area contributed by atoms with Crippen LogP contribution in [0.5, 0.6) is 0 Å². The van der Waals surface area contributed by atoms with Crippen molar-refractivity contribution in [3.63, 3.8) is 0 Å². The summed E-state index contributed by atoms with van der Waals surface area (Å²) in [6.07, 6.45) is 1.75. The van der Waals surface area contributed by atoms with E-state index in [9.17, 15) is 14.7 Å². The number of amides is 2. The first-order chi connectivity index (χ1) is 19.5. The molecule has 216 valence electrons. The smallest absolute Gasteiger partial charge is 0.269 e. The standard InChI is InChI=1S/C29H37N9O3/c1-15-7-4-11-19(33-15)25(41)32-13-20-22-29(37-26(30)36-22)23(39)21(14-38(29)27(31)35-20)34-24(40)17-8-5-10-18-16(17)9-6-12-28(18,2)3/h4-5,7-8,10-11,20-23,39H,6,9,12-14H2,1-3H3,(H2,31,35)(H,32,41)(H,34,40)(H3,30,36,37)/t20-,21?,22-,23+,29?/m0/s1. The quantitative estimate of drug-likeness (QED) is 0.258. The number of nitrogens with one attached hydrogen (secondary N) is 7. The van der Waals surface area contributed by atoms with Gasteiger partial charge in [-0.1, -0.05) is 32.0 Å². The minimum absolute atomic E-state index is 0.00133. The topological polar surface area (TPSA) is 178 Å². The average Bonchev–Trinajstić information content (AvgIpc) is 3.43. The Kier molecular flexibility index (Phi) is 6.40. The molecule has 8 N–H and O–H groups in total. The fourth-order valence-electron chi connectivity index (χ4n) is 7.05. The van der Waals surface area contributed by atoms with Crippen LogP contribution >= 0.6 is 0 Å². The molecule has 5 atom stereocenters. The Labute approximate surface area is 238 Å². The van der Waals surface area contributed by atoms with Crippen molar-refractivity contribution in [2.24, 2.45) is 0 Å². The number of benzene rings is 1. The molecule has 12 nitrogen and oxygen atoms in total.